The van der Waals surface area contributed by atoms with Crippen LogP contribution in [0.5, 0.6) is 0 Å². The number of carbonyl (C=O) groups is 1. The van der Waals surface area contributed by atoms with Crippen LogP contribution in [0.25, 0.3) is 0 Å². The predicted octanol–water partition coefficient (Wildman–Crippen LogP) is 2.19. The number of nitrogens with zero attached hydrogens (tertiary/aromatic N) is 1. The lowest BCUT2D eigenvalue weighted by Gasteiger charge is -2.45. The normalized spacial score (nSPS) is 22.0. The summed E-state index contributed by atoms with van der Waals surface area (Å²) in [5, 5.41) is 0. The Bertz CT molecular complexity index is 360. The first-order chi connectivity index (χ1) is 9.78. The van der Waals surface area contributed by atoms with Gasteiger partial charge >= 0.3 is 6.09 Å². The van der Waals surface area contributed by atoms with Crippen molar-refractivity contribution in [2.75, 3.05) is 33.9 Å². The molecule has 0 saturated carbocycles. The van der Waals surface area contributed by atoms with E-state index in [0.717, 1.165) is 0 Å². The Morgan fingerprint density at radius 1 is 1.38 bits per heavy atom. The summed E-state index contributed by atoms with van der Waals surface area (Å²) in [5.41, 5.74) is -0.522. The van der Waals surface area contributed by atoms with Crippen LogP contribution in [0, 0.1) is 0 Å². The molecule has 1 heterocycles. The summed E-state index contributed by atoms with van der Waals surface area (Å²) in [6.45, 7) is 10.4. The molecule has 1 amide bonds. The molecule has 0 aromatic heterocycles. The monoisotopic (exact) mass is 301 g/mol. The maximum atomic E-state index is 12.2. The molecule has 1 unspecified atom stereocenters. The smallest absolute Gasteiger partial charge is 0.410 e. The van der Waals surface area contributed by atoms with Crippen LogP contribution in [0.1, 0.15) is 27.2 Å². The fourth-order valence-electron chi connectivity index (χ4n) is 2.29. The van der Waals surface area contributed by atoms with Crippen molar-refractivity contribution in [3.05, 3.63) is 12.7 Å². The first kappa shape index (κ1) is 17.9. The lowest BCUT2D eigenvalue weighted by atomic mass is 10.00. The van der Waals surface area contributed by atoms with Crippen molar-refractivity contribution in [3.63, 3.8) is 0 Å². The number of amides is 1. The summed E-state index contributed by atoms with van der Waals surface area (Å²) in [6.07, 6.45) is 1.42. The number of likely N-dealkylation sites (tertiary alicyclic amines) is 1. The Morgan fingerprint density at radius 3 is 2.48 bits per heavy atom. The van der Waals surface area contributed by atoms with Gasteiger partial charge in [0.2, 0.25) is 0 Å². The molecular weight excluding hydrogens is 274 g/mol. The molecule has 0 bridgehead atoms. The van der Waals surface area contributed by atoms with E-state index in [1.165, 1.54) is 0 Å². The van der Waals surface area contributed by atoms with Crippen LogP contribution in [0.15, 0.2) is 12.7 Å². The highest BCUT2D eigenvalue weighted by Crippen LogP contribution is 2.30. The maximum absolute atomic E-state index is 12.2. The van der Waals surface area contributed by atoms with E-state index in [-0.39, 0.29) is 6.09 Å². The first-order valence-electron chi connectivity index (χ1n) is 7.08. The molecule has 1 aliphatic rings. The molecular formula is C15H27NO5. The highest BCUT2D eigenvalue weighted by molar-refractivity contribution is 5.68. The van der Waals surface area contributed by atoms with Gasteiger partial charge in [0.1, 0.15) is 11.7 Å². The minimum absolute atomic E-state index is 0.351. The Kier molecular flexibility index (Phi) is 6.19. The van der Waals surface area contributed by atoms with E-state index in [9.17, 15) is 4.79 Å². The molecule has 0 aliphatic carbocycles. The van der Waals surface area contributed by atoms with E-state index >= 15 is 0 Å². The van der Waals surface area contributed by atoms with Crippen LogP contribution in [0.2, 0.25) is 0 Å². The molecule has 1 fully saturated rings. The summed E-state index contributed by atoms with van der Waals surface area (Å²) in [5.74, 6) is -0.846. The van der Waals surface area contributed by atoms with Crippen molar-refractivity contribution in [2.45, 2.75) is 44.7 Å². The molecule has 0 N–H and O–H groups in total. The van der Waals surface area contributed by atoms with E-state index in [1.54, 1.807) is 25.2 Å². The molecule has 1 atom stereocenters. The van der Waals surface area contributed by atoms with Crippen LogP contribution in [-0.2, 0) is 18.9 Å². The number of hydrogen-bond donors (Lipinski definition) is 0. The van der Waals surface area contributed by atoms with E-state index in [2.05, 4.69) is 6.58 Å². The average Bonchev–Trinajstić information content (AvgIpc) is 2.43. The topological polar surface area (TPSA) is 57.2 Å². The molecule has 0 aromatic carbocycles. The largest absolute Gasteiger partial charge is 0.444 e. The summed E-state index contributed by atoms with van der Waals surface area (Å²) in [7, 11) is 3.16. The molecule has 0 radical (unpaired) electrons. The second-order valence-corrected chi connectivity index (χ2v) is 6.01. The zero-order chi connectivity index (χ0) is 16.1. The van der Waals surface area contributed by atoms with Crippen molar-refractivity contribution in [1.82, 2.24) is 4.90 Å². The van der Waals surface area contributed by atoms with E-state index in [4.69, 9.17) is 18.9 Å². The van der Waals surface area contributed by atoms with Gasteiger partial charge in [-0.1, -0.05) is 6.08 Å². The molecule has 0 aromatic rings. The number of rotatable bonds is 5. The van der Waals surface area contributed by atoms with Gasteiger partial charge in [-0.15, -0.1) is 6.58 Å². The van der Waals surface area contributed by atoms with Crippen LogP contribution < -0.4 is 0 Å². The predicted molar refractivity (Wildman–Crippen MR) is 79.1 cm³/mol. The van der Waals surface area contributed by atoms with Crippen LogP contribution in [0.3, 0.4) is 0 Å². The molecule has 6 nitrogen and oxygen atoms in total. The summed E-state index contributed by atoms with van der Waals surface area (Å²) in [6, 6.07) is 0. The highest BCUT2D eigenvalue weighted by Gasteiger charge is 2.46. The standard InChI is InChI=1S/C15H27NO5/c1-7-10-20-12-11-16(13(17)21-14(2,3)4)9-8-15(12,18-5)19-6/h7,12H,1,8-11H2,2-6H3. The molecule has 122 valence electrons. The Balaban J connectivity index is 2.78. The van der Waals surface area contributed by atoms with Crippen molar-refractivity contribution in [1.29, 1.82) is 0 Å². The summed E-state index contributed by atoms with van der Waals surface area (Å²) in [4.78, 5) is 13.8. The van der Waals surface area contributed by atoms with Crippen LogP contribution >= 0.6 is 0 Å². The van der Waals surface area contributed by atoms with Crippen molar-refractivity contribution < 1.29 is 23.7 Å². The van der Waals surface area contributed by atoms with Crippen LogP contribution in [-0.4, -0.2) is 62.4 Å². The third-order valence-electron chi connectivity index (χ3n) is 3.36. The van der Waals surface area contributed by atoms with Gasteiger partial charge in [0.05, 0.1) is 13.2 Å². The zero-order valence-corrected chi connectivity index (χ0v) is 13.7. The minimum Gasteiger partial charge on any atom is -0.444 e. The van der Waals surface area contributed by atoms with E-state index in [1.807, 2.05) is 20.8 Å². The van der Waals surface area contributed by atoms with Gasteiger partial charge < -0.3 is 23.8 Å². The van der Waals surface area contributed by atoms with Gasteiger partial charge in [-0.25, -0.2) is 4.79 Å². The molecule has 1 saturated heterocycles. The van der Waals surface area contributed by atoms with Gasteiger partial charge in [0.15, 0.2) is 5.79 Å². The second kappa shape index (κ2) is 7.24. The van der Waals surface area contributed by atoms with E-state index < -0.39 is 17.5 Å². The van der Waals surface area contributed by atoms with Gasteiger partial charge in [0.25, 0.3) is 0 Å². The summed E-state index contributed by atoms with van der Waals surface area (Å²) < 4.78 is 22.1. The van der Waals surface area contributed by atoms with Gasteiger partial charge in [0, 0.05) is 27.2 Å². The Morgan fingerprint density at radius 2 is 2.00 bits per heavy atom. The van der Waals surface area contributed by atoms with Crippen LogP contribution in [0.4, 0.5) is 4.79 Å². The fourth-order valence-corrected chi connectivity index (χ4v) is 2.29. The lowest BCUT2D eigenvalue weighted by Crippen LogP contribution is -2.60. The number of carbonyl (C=O) groups excluding carboxylic acids is 1. The Hall–Kier alpha value is -1.11. The summed E-state index contributed by atoms with van der Waals surface area (Å²) >= 11 is 0. The van der Waals surface area contributed by atoms with Crippen molar-refractivity contribution in [2.24, 2.45) is 0 Å². The van der Waals surface area contributed by atoms with Crippen molar-refractivity contribution >= 4 is 6.09 Å². The fraction of sp³-hybridized carbons (Fsp3) is 0.800. The SMILES string of the molecule is C=CCOC1CN(C(=O)OC(C)(C)C)CCC1(OC)OC. The first-order valence-corrected chi connectivity index (χ1v) is 7.08. The quantitative estimate of drug-likeness (QED) is 0.575. The van der Waals surface area contributed by atoms with Gasteiger partial charge in [-0.05, 0) is 20.8 Å². The maximum Gasteiger partial charge on any atom is 0.410 e. The number of piperidine rings is 1. The van der Waals surface area contributed by atoms with E-state index in [0.29, 0.717) is 26.1 Å². The highest BCUT2D eigenvalue weighted by atomic mass is 16.7. The third kappa shape index (κ3) is 4.69. The lowest BCUT2D eigenvalue weighted by molar-refractivity contribution is -0.285. The number of hydrogen-bond acceptors (Lipinski definition) is 5. The van der Waals surface area contributed by atoms with Gasteiger partial charge in [-0.3, -0.25) is 0 Å². The van der Waals surface area contributed by atoms with Crippen molar-refractivity contribution in [3.8, 4) is 0 Å². The number of ether oxygens (including phenoxy) is 4. The minimum atomic E-state index is -0.846. The average molecular weight is 301 g/mol. The molecule has 1 aliphatic heterocycles. The molecule has 6 heteroatoms. The molecule has 1 rings (SSSR count). The second-order valence-electron chi connectivity index (χ2n) is 6.01. The number of methoxy groups -OCH3 is 2. The zero-order valence-electron chi connectivity index (χ0n) is 13.7. The molecule has 21 heavy (non-hydrogen) atoms. The van der Waals surface area contributed by atoms with Gasteiger partial charge in [-0.2, -0.15) is 0 Å². The molecule has 0 spiro atoms. The Labute approximate surface area is 127 Å². The third-order valence-corrected chi connectivity index (χ3v) is 3.36.